The Balaban J connectivity index is 1.99. The summed E-state index contributed by atoms with van der Waals surface area (Å²) in [6.07, 6.45) is 3.45. The molecule has 0 fully saturated rings. The van der Waals surface area contributed by atoms with Gasteiger partial charge in [0.15, 0.2) is 0 Å². The van der Waals surface area contributed by atoms with Crippen molar-refractivity contribution in [1.82, 2.24) is 9.97 Å². The number of aromatic nitrogens is 2. The smallest absolute Gasteiger partial charge is 0.147 e. The van der Waals surface area contributed by atoms with Gasteiger partial charge >= 0.3 is 0 Å². The van der Waals surface area contributed by atoms with Crippen LogP contribution in [0.3, 0.4) is 0 Å². The molecular weight excluding hydrogens is 210 g/mol. The zero-order chi connectivity index (χ0) is 10.5. The minimum absolute atomic E-state index is 0.598. The molecule has 0 saturated carbocycles. The number of halogens is 1. The van der Waals surface area contributed by atoms with Crippen LogP contribution in [0, 0.1) is 0 Å². The van der Waals surface area contributed by atoms with Crippen LogP contribution in [0.2, 0.25) is 5.02 Å². The molecule has 1 N–H and O–H groups in total. The summed E-state index contributed by atoms with van der Waals surface area (Å²) in [5.41, 5.74) is 0.968. The molecule has 76 valence electrons. The fourth-order valence-electron chi connectivity index (χ4n) is 1.20. The molecule has 0 aliphatic rings. The van der Waals surface area contributed by atoms with Crippen LogP contribution in [0.4, 0.5) is 5.69 Å². The molecule has 0 spiro atoms. The van der Waals surface area contributed by atoms with E-state index in [0.29, 0.717) is 11.6 Å². The second-order valence-corrected chi connectivity index (χ2v) is 3.47. The molecule has 2 rings (SSSR count). The van der Waals surface area contributed by atoms with Crippen molar-refractivity contribution in [2.75, 3.05) is 5.32 Å². The number of nitrogens with zero attached hydrogens (tertiary/aromatic N) is 2. The number of anilines is 1. The van der Waals surface area contributed by atoms with Crippen LogP contribution < -0.4 is 5.32 Å². The highest BCUT2D eigenvalue weighted by molar-refractivity contribution is 6.30. The Morgan fingerprint density at radius 3 is 2.67 bits per heavy atom. The molecule has 0 bridgehead atoms. The zero-order valence-electron chi connectivity index (χ0n) is 8.02. The zero-order valence-corrected chi connectivity index (χ0v) is 8.78. The first-order chi connectivity index (χ1) is 7.34. The summed E-state index contributed by atoms with van der Waals surface area (Å²) in [4.78, 5) is 8.22. The number of hydrogen-bond donors (Lipinski definition) is 1. The second kappa shape index (κ2) is 4.75. The van der Waals surface area contributed by atoms with Crippen LogP contribution in [0.5, 0.6) is 0 Å². The summed E-state index contributed by atoms with van der Waals surface area (Å²) in [5, 5.41) is 3.91. The van der Waals surface area contributed by atoms with Gasteiger partial charge in [-0.2, -0.15) is 0 Å². The van der Waals surface area contributed by atoms with Gasteiger partial charge in [-0.05, 0) is 24.3 Å². The topological polar surface area (TPSA) is 37.8 Å². The van der Waals surface area contributed by atoms with Crippen molar-refractivity contribution >= 4 is 17.3 Å². The van der Waals surface area contributed by atoms with Crippen molar-refractivity contribution < 1.29 is 0 Å². The van der Waals surface area contributed by atoms with Crippen LogP contribution in [0.25, 0.3) is 0 Å². The second-order valence-electron chi connectivity index (χ2n) is 3.03. The van der Waals surface area contributed by atoms with E-state index in [4.69, 9.17) is 11.6 Å². The molecule has 1 aromatic heterocycles. The Bertz CT molecular complexity index is 431. The third kappa shape index (κ3) is 2.92. The van der Waals surface area contributed by atoms with Crippen molar-refractivity contribution in [2.45, 2.75) is 6.54 Å². The lowest BCUT2D eigenvalue weighted by Crippen LogP contribution is -2.03. The Labute approximate surface area is 93.1 Å². The molecule has 2 aromatic rings. The summed E-state index contributed by atoms with van der Waals surface area (Å²) in [5.74, 6) is 0.762. The molecule has 0 radical (unpaired) electrons. The molecule has 15 heavy (non-hydrogen) atoms. The van der Waals surface area contributed by atoms with Gasteiger partial charge in [-0.25, -0.2) is 9.97 Å². The van der Waals surface area contributed by atoms with Crippen LogP contribution in [-0.2, 0) is 6.54 Å². The highest BCUT2D eigenvalue weighted by atomic mass is 35.5. The van der Waals surface area contributed by atoms with Gasteiger partial charge in [0.1, 0.15) is 5.82 Å². The summed E-state index contributed by atoms with van der Waals surface area (Å²) in [6, 6.07) is 9.35. The van der Waals surface area contributed by atoms with Crippen molar-refractivity contribution in [3.8, 4) is 0 Å². The van der Waals surface area contributed by atoms with Crippen molar-refractivity contribution in [1.29, 1.82) is 0 Å². The molecule has 3 nitrogen and oxygen atoms in total. The lowest BCUT2D eigenvalue weighted by Gasteiger charge is -2.04. The van der Waals surface area contributed by atoms with Crippen molar-refractivity contribution in [2.24, 2.45) is 0 Å². The molecule has 0 atom stereocenters. The van der Waals surface area contributed by atoms with E-state index in [-0.39, 0.29) is 0 Å². The van der Waals surface area contributed by atoms with Gasteiger partial charge in [-0.15, -0.1) is 0 Å². The van der Waals surface area contributed by atoms with E-state index >= 15 is 0 Å². The molecule has 0 saturated heterocycles. The Morgan fingerprint density at radius 2 is 1.93 bits per heavy atom. The summed E-state index contributed by atoms with van der Waals surface area (Å²) >= 11 is 5.86. The van der Waals surface area contributed by atoms with E-state index in [1.807, 2.05) is 24.3 Å². The van der Waals surface area contributed by atoms with Gasteiger partial charge in [-0.1, -0.05) is 17.7 Å². The Kier molecular flexibility index (Phi) is 3.15. The Hall–Kier alpha value is -1.61. The predicted molar refractivity (Wildman–Crippen MR) is 60.8 cm³/mol. The first-order valence-electron chi connectivity index (χ1n) is 4.60. The van der Waals surface area contributed by atoms with Crippen LogP contribution in [0.1, 0.15) is 5.82 Å². The number of benzene rings is 1. The van der Waals surface area contributed by atoms with Crippen LogP contribution in [0.15, 0.2) is 42.7 Å². The number of hydrogen-bond acceptors (Lipinski definition) is 3. The van der Waals surface area contributed by atoms with Crippen LogP contribution in [-0.4, -0.2) is 9.97 Å². The van der Waals surface area contributed by atoms with E-state index in [0.717, 1.165) is 11.5 Å². The number of nitrogens with one attached hydrogen (secondary N) is 1. The standard InChI is InChI=1S/C11H10ClN3/c12-9-3-1-4-10(7-9)15-8-11-13-5-2-6-14-11/h1-7,15H,8H2. The largest absolute Gasteiger partial charge is 0.378 e. The highest BCUT2D eigenvalue weighted by Gasteiger charge is 1.95. The lowest BCUT2D eigenvalue weighted by molar-refractivity contribution is 0.948. The molecule has 4 heteroatoms. The first-order valence-corrected chi connectivity index (χ1v) is 4.98. The summed E-state index contributed by atoms with van der Waals surface area (Å²) in [7, 11) is 0. The fraction of sp³-hybridized carbons (Fsp3) is 0.0909. The predicted octanol–water partition coefficient (Wildman–Crippen LogP) is 2.74. The van der Waals surface area contributed by atoms with Gasteiger partial charge in [0.25, 0.3) is 0 Å². The molecular formula is C11H10ClN3. The average molecular weight is 220 g/mol. The molecule has 0 unspecified atom stereocenters. The van der Waals surface area contributed by atoms with E-state index in [2.05, 4.69) is 15.3 Å². The molecule has 1 heterocycles. The maximum atomic E-state index is 5.86. The van der Waals surface area contributed by atoms with Crippen LogP contribution >= 0.6 is 11.6 Å². The maximum Gasteiger partial charge on any atom is 0.147 e. The van der Waals surface area contributed by atoms with Gasteiger partial charge in [-0.3, -0.25) is 0 Å². The molecule has 0 aliphatic carbocycles. The monoisotopic (exact) mass is 219 g/mol. The minimum atomic E-state index is 0.598. The maximum absolute atomic E-state index is 5.86. The molecule has 0 amide bonds. The van der Waals surface area contributed by atoms with Crippen molar-refractivity contribution in [3.05, 3.63) is 53.6 Å². The van der Waals surface area contributed by atoms with E-state index in [9.17, 15) is 0 Å². The van der Waals surface area contributed by atoms with E-state index in [1.54, 1.807) is 18.5 Å². The third-order valence-corrected chi connectivity index (χ3v) is 2.13. The molecule has 1 aromatic carbocycles. The highest BCUT2D eigenvalue weighted by Crippen LogP contribution is 2.15. The molecule has 0 aliphatic heterocycles. The lowest BCUT2D eigenvalue weighted by atomic mass is 10.3. The average Bonchev–Trinajstić information content (AvgIpc) is 2.28. The normalized spacial score (nSPS) is 9.93. The quantitative estimate of drug-likeness (QED) is 0.863. The van der Waals surface area contributed by atoms with E-state index < -0.39 is 0 Å². The van der Waals surface area contributed by atoms with Crippen molar-refractivity contribution in [3.63, 3.8) is 0 Å². The summed E-state index contributed by atoms with van der Waals surface area (Å²) in [6.45, 7) is 0.598. The number of rotatable bonds is 3. The van der Waals surface area contributed by atoms with E-state index in [1.165, 1.54) is 0 Å². The van der Waals surface area contributed by atoms with Gasteiger partial charge in [0.05, 0.1) is 6.54 Å². The third-order valence-electron chi connectivity index (χ3n) is 1.89. The summed E-state index contributed by atoms with van der Waals surface area (Å²) < 4.78 is 0. The minimum Gasteiger partial charge on any atom is -0.378 e. The van der Waals surface area contributed by atoms with Gasteiger partial charge in [0.2, 0.25) is 0 Å². The van der Waals surface area contributed by atoms with Gasteiger partial charge < -0.3 is 5.32 Å². The SMILES string of the molecule is Clc1cccc(NCc2ncccn2)c1. The fourth-order valence-corrected chi connectivity index (χ4v) is 1.39. The van der Waals surface area contributed by atoms with Gasteiger partial charge in [0, 0.05) is 23.1 Å². The Morgan fingerprint density at radius 1 is 1.13 bits per heavy atom. The first kappa shape index (κ1) is 9.93.